The molecular formula is C25H42O2. The fourth-order valence-corrected chi connectivity index (χ4v) is 3.66. The smallest absolute Gasteiger partial charge is 0.309 e. The molecule has 1 rings (SSSR count). The average Bonchev–Trinajstić information content (AvgIpc) is 2.70. The van der Waals surface area contributed by atoms with Crippen molar-refractivity contribution in [1.29, 1.82) is 0 Å². The first-order chi connectivity index (χ1) is 13.2. The zero-order valence-electron chi connectivity index (χ0n) is 18.1. The van der Waals surface area contributed by atoms with Gasteiger partial charge in [0, 0.05) is 0 Å². The van der Waals surface area contributed by atoms with Gasteiger partial charge in [0.25, 0.3) is 0 Å². The molecule has 2 heteroatoms. The SMILES string of the molecule is CCCCCCCCC(CCCCCC)C(=O)OC(CC)c1ccccc1. The first kappa shape index (κ1) is 23.7. The fraction of sp³-hybridized carbons (Fsp3) is 0.720. The summed E-state index contributed by atoms with van der Waals surface area (Å²) in [4.78, 5) is 12.9. The molecule has 0 radical (unpaired) electrons. The van der Waals surface area contributed by atoms with Crippen LogP contribution in [0, 0.1) is 5.92 Å². The van der Waals surface area contributed by atoms with E-state index in [4.69, 9.17) is 4.74 Å². The van der Waals surface area contributed by atoms with Crippen molar-refractivity contribution in [3.63, 3.8) is 0 Å². The molecule has 2 nitrogen and oxygen atoms in total. The zero-order chi connectivity index (χ0) is 19.7. The maximum atomic E-state index is 12.9. The quantitative estimate of drug-likeness (QED) is 0.216. The molecule has 27 heavy (non-hydrogen) atoms. The van der Waals surface area contributed by atoms with Crippen LogP contribution in [0.4, 0.5) is 0 Å². The van der Waals surface area contributed by atoms with Crippen LogP contribution in [-0.4, -0.2) is 5.97 Å². The third-order valence-electron chi connectivity index (χ3n) is 5.45. The lowest BCUT2D eigenvalue weighted by Gasteiger charge is -2.21. The number of carbonyl (C=O) groups is 1. The zero-order valence-corrected chi connectivity index (χ0v) is 18.1. The van der Waals surface area contributed by atoms with Gasteiger partial charge in [0.05, 0.1) is 5.92 Å². The van der Waals surface area contributed by atoms with Crippen LogP contribution in [0.5, 0.6) is 0 Å². The third-order valence-corrected chi connectivity index (χ3v) is 5.45. The van der Waals surface area contributed by atoms with E-state index in [-0.39, 0.29) is 18.0 Å². The highest BCUT2D eigenvalue weighted by Gasteiger charge is 2.23. The van der Waals surface area contributed by atoms with Crippen molar-refractivity contribution in [1.82, 2.24) is 0 Å². The topological polar surface area (TPSA) is 26.3 Å². The molecular weight excluding hydrogens is 332 g/mol. The summed E-state index contributed by atoms with van der Waals surface area (Å²) < 4.78 is 5.96. The fourth-order valence-electron chi connectivity index (χ4n) is 3.66. The van der Waals surface area contributed by atoms with E-state index in [1.165, 1.54) is 51.4 Å². The Morgan fingerprint density at radius 3 is 1.85 bits per heavy atom. The molecule has 2 unspecified atom stereocenters. The van der Waals surface area contributed by atoms with Gasteiger partial charge in [-0.3, -0.25) is 4.79 Å². The van der Waals surface area contributed by atoms with Gasteiger partial charge in [-0.1, -0.05) is 115 Å². The van der Waals surface area contributed by atoms with E-state index < -0.39 is 0 Å². The Morgan fingerprint density at radius 1 is 0.778 bits per heavy atom. The molecule has 0 spiro atoms. The minimum Gasteiger partial charge on any atom is -0.457 e. The number of unbranched alkanes of at least 4 members (excludes halogenated alkanes) is 8. The maximum absolute atomic E-state index is 12.9. The highest BCUT2D eigenvalue weighted by Crippen LogP contribution is 2.26. The van der Waals surface area contributed by atoms with E-state index in [1.807, 2.05) is 18.2 Å². The molecule has 0 aliphatic heterocycles. The summed E-state index contributed by atoms with van der Waals surface area (Å²) in [5, 5.41) is 0. The number of hydrogen-bond donors (Lipinski definition) is 0. The van der Waals surface area contributed by atoms with Crippen LogP contribution in [0.1, 0.15) is 116 Å². The summed E-state index contributed by atoms with van der Waals surface area (Å²) in [6.45, 7) is 6.57. The number of hydrogen-bond acceptors (Lipinski definition) is 2. The largest absolute Gasteiger partial charge is 0.457 e. The Kier molecular flexibility index (Phi) is 13.8. The number of rotatable bonds is 16. The molecule has 0 heterocycles. The molecule has 2 atom stereocenters. The molecule has 0 aliphatic rings. The van der Waals surface area contributed by atoms with Gasteiger partial charge in [-0.25, -0.2) is 0 Å². The summed E-state index contributed by atoms with van der Waals surface area (Å²) in [6, 6.07) is 10.2. The molecule has 0 aromatic heterocycles. The van der Waals surface area contributed by atoms with Gasteiger partial charge >= 0.3 is 5.97 Å². The Bertz CT molecular complexity index is 468. The second kappa shape index (κ2) is 15.7. The number of carbonyl (C=O) groups excluding carboxylic acids is 1. The molecule has 1 aromatic rings. The van der Waals surface area contributed by atoms with E-state index in [2.05, 4.69) is 32.9 Å². The lowest BCUT2D eigenvalue weighted by molar-refractivity contribution is -0.155. The van der Waals surface area contributed by atoms with Crippen molar-refractivity contribution in [2.75, 3.05) is 0 Å². The summed E-state index contributed by atoms with van der Waals surface area (Å²) >= 11 is 0. The first-order valence-electron chi connectivity index (χ1n) is 11.5. The predicted molar refractivity (Wildman–Crippen MR) is 116 cm³/mol. The van der Waals surface area contributed by atoms with Crippen molar-refractivity contribution in [2.45, 2.75) is 110 Å². The predicted octanol–water partition coefficient (Wildman–Crippen LogP) is 8.02. The summed E-state index contributed by atoms with van der Waals surface area (Å²) in [7, 11) is 0. The summed E-state index contributed by atoms with van der Waals surface area (Å²) in [6.07, 6.45) is 15.2. The Morgan fingerprint density at radius 2 is 1.30 bits per heavy atom. The lowest BCUT2D eigenvalue weighted by Crippen LogP contribution is -2.20. The van der Waals surface area contributed by atoms with Gasteiger partial charge in [0.15, 0.2) is 0 Å². The van der Waals surface area contributed by atoms with Gasteiger partial charge in [-0.15, -0.1) is 0 Å². The van der Waals surface area contributed by atoms with E-state index in [0.29, 0.717) is 0 Å². The molecule has 0 bridgehead atoms. The highest BCUT2D eigenvalue weighted by molar-refractivity contribution is 5.72. The molecule has 0 saturated heterocycles. The molecule has 0 aliphatic carbocycles. The normalized spacial score (nSPS) is 13.3. The monoisotopic (exact) mass is 374 g/mol. The third kappa shape index (κ3) is 10.6. The van der Waals surface area contributed by atoms with Crippen LogP contribution in [-0.2, 0) is 9.53 Å². The molecule has 154 valence electrons. The number of benzene rings is 1. The van der Waals surface area contributed by atoms with Crippen LogP contribution in [0.3, 0.4) is 0 Å². The molecule has 1 aromatic carbocycles. The minimum atomic E-state index is -0.110. The standard InChI is InChI=1S/C25H42O2/c1-4-7-9-11-12-15-21-23(20-14-10-8-5-2)25(26)27-24(6-3)22-18-16-13-17-19-22/h13,16-19,23-24H,4-12,14-15,20-21H2,1-3H3. The van der Waals surface area contributed by atoms with Crippen molar-refractivity contribution in [3.05, 3.63) is 35.9 Å². The second-order valence-corrected chi connectivity index (χ2v) is 7.85. The second-order valence-electron chi connectivity index (χ2n) is 7.85. The first-order valence-corrected chi connectivity index (χ1v) is 11.5. The van der Waals surface area contributed by atoms with Gasteiger partial charge in [-0.2, -0.15) is 0 Å². The maximum Gasteiger partial charge on any atom is 0.309 e. The van der Waals surface area contributed by atoms with E-state index in [1.54, 1.807) is 0 Å². The highest BCUT2D eigenvalue weighted by atomic mass is 16.5. The Hall–Kier alpha value is -1.31. The number of esters is 1. The molecule has 0 amide bonds. The van der Waals surface area contributed by atoms with Gasteiger partial charge in [-0.05, 0) is 24.8 Å². The van der Waals surface area contributed by atoms with Crippen molar-refractivity contribution in [2.24, 2.45) is 5.92 Å². The van der Waals surface area contributed by atoms with Gasteiger partial charge in [0.1, 0.15) is 6.10 Å². The molecule has 0 N–H and O–H groups in total. The average molecular weight is 375 g/mol. The Labute approximate surface area is 168 Å². The van der Waals surface area contributed by atoms with Crippen molar-refractivity contribution < 1.29 is 9.53 Å². The minimum absolute atomic E-state index is 0.0239. The lowest BCUT2D eigenvalue weighted by atomic mass is 9.94. The van der Waals surface area contributed by atoms with Crippen LogP contribution in [0.2, 0.25) is 0 Å². The molecule has 0 saturated carbocycles. The Balaban J connectivity index is 2.53. The summed E-state index contributed by atoms with van der Waals surface area (Å²) in [5.74, 6) is 0.0987. The van der Waals surface area contributed by atoms with Crippen molar-refractivity contribution >= 4 is 5.97 Å². The van der Waals surface area contributed by atoms with Gasteiger partial charge in [0.2, 0.25) is 0 Å². The number of ether oxygens (including phenoxy) is 1. The van der Waals surface area contributed by atoms with Crippen LogP contribution >= 0.6 is 0 Å². The van der Waals surface area contributed by atoms with Crippen LogP contribution < -0.4 is 0 Å². The van der Waals surface area contributed by atoms with E-state index in [0.717, 1.165) is 37.7 Å². The molecule has 0 fully saturated rings. The van der Waals surface area contributed by atoms with Gasteiger partial charge < -0.3 is 4.74 Å². The van der Waals surface area contributed by atoms with Crippen LogP contribution in [0.25, 0.3) is 0 Å². The summed E-state index contributed by atoms with van der Waals surface area (Å²) in [5.41, 5.74) is 1.11. The van der Waals surface area contributed by atoms with Crippen molar-refractivity contribution in [3.8, 4) is 0 Å². The van der Waals surface area contributed by atoms with E-state index in [9.17, 15) is 4.79 Å². The van der Waals surface area contributed by atoms with Crippen LogP contribution in [0.15, 0.2) is 30.3 Å². The van der Waals surface area contributed by atoms with E-state index >= 15 is 0 Å².